The van der Waals surface area contributed by atoms with Crippen LogP contribution in [0.4, 0.5) is 0 Å². The predicted molar refractivity (Wildman–Crippen MR) is 70.5 cm³/mol. The molecule has 1 saturated carbocycles. The Morgan fingerprint density at radius 3 is 3.12 bits per heavy atom. The number of rotatable bonds is 2. The molecule has 3 rings (SSSR count). The van der Waals surface area contributed by atoms with Gasteiger partial charge in [0.2, 0.25) is 0 Å². The molecule has 1 aromatic rings. The maximum absolute atomic E-state index is 3.67. The van der Waals surface area contributed by atoms with E-state index in [1.807, 2.05) is 0 Å². The summed E-state index contributed by atoms with van der Waals surface area (Å²) in [5.74, 6) is 0.941. The zero-order valence-corrected chi connectivity index (χ0v) is 11.1. The van der Waals surface area contributed by atoms with Crippen LogP contribution in [-0.2, 0) is 6.42 Å². The molecule has 0 aromatic heterocycles. The lowest BCUT2D eigenvalue weighted by atomic mass is 9.77. The maximum atomic E-state index is 3.67. The molecule has 1 heterocycles. The first-order chi connectivity index (χ1) is 7.77. The highest BCUT2D eigenvalue weighted by molar-refractivity contribution is 9.10. The molecular formula is C14H18BrN. The maximum Gasteiger partial charge on any atom is 0.0207 e. The van der Waals surface area contributed by atoms with Gasteiger partial charge in [0, 0.05) is 11.0 Å². The Kier molecular flexibility index (Phi) is 2.80. The van der Waals surface area contributed by atoms with E-state index in [0.717, 1.165) is 5.92 Å². The van der Waals surface area contributed by atoms with Gasteiger partial charge < -0.3 is 5.32 Å². The van der Waals surface area contributed by atoms with E-state index in [9.17, 15) is 0 Å². The Morgan fingerprint density at radius 1 is 1.38 bits per heavy atom. The van der Waals surface area contributed by atoms with Crippen molar-refractivity contribution in [3.63, 3.8) is 0 Å². The Morgan fingerprint density at radius 2 is 2.25 bits per heavy atom. The van der Waals surface area contributed by atoms with Gasteiger partial charge in [-0.25, -0.2) is 0 Å². The van der Waals surface area contributed by atoms with E-state index in [-0.39, 0.29) is 0 Å². The third kappa shape index (κ3) is 1.93. The molecular weight excluding hydrogens is 262 g/mol. The van der Waals surface area contributed by atoms with Gasteiger partial charge in [-0.2, -0.15) is 0 Å². The third-order valence-electron chi connectivity index (χ3n) is 4.26. The van der Waals surface area contributed by atoms with E-state index in [4.69, 9.17) is 0 Å². The van der Waals surface area contributed by atoms with Crippen LogP contribution in [0.1, 0.15) is 24.8 Å². The van der Waals surface area contributed by atoms with Crippen LogP contribution in [0.25, 0.3) is 0 Å². The number of fused-ring (bicyclic) bond motifs is 2. The number of nitrogens with one attached hydrogen (secondary N) is 1. The number of piperidine rings is 1. The van der Waals surface area contributed by atoms with Crippen molar-refractivity contribution < 1.29 is 0 Å². The molecule has 86 valence electrons. The van der Waals surface area contributed by atoms with Gasteiger partial charge >= 0.3 is 0 Å². The first-order valence-electron chi connectivity index (χ1n) is 6.22. The number of halogens is 1. The van der Waals surface area contributed by atoms with Crippen molar-refractivity contribution in [2.24, 2.45) is 11.3 Å². The van der Waals surface area contributed by atoms with Crippen molar-refractivity contribution >= 4 is 15.9 Å². The summed E-state index contributed by atoms with van der Waals surface area (Å²) in [5, 5.41) is 3.61. The monoisotopic (exact) mass is 279 g/mol. The normalized spacial score (nSPS) is 32.9. The van der Waals surface area contributed by atoms with E-state index in [1.165, 1.54) is 48.8 Å². The third-order valence-corrected chi connectivity index (χ3v) is 5.03. The molecule has 0 spiro atoms. The van der Waals surface area contributed by atoms with Gasteiger partial charge in [0.05, 0.1) is 0 Å². The molecule has 0 amide bonds. The minimum atomic E-state index is 0.548. The zero-order valence-electron chi connectivity index (χ0n) is 9.51. The van der Waals surface area contributed by atoms with Crippen LogP contribution < -0.4 is 5.32 Å². The Hall–Kier alpha value is -0.340. The van der Waals surface area contributed by atoms with Crippen LogP contribution in [0.15, 0.2) is 28.7 Å². The first-order valence-corrected chi connectivity index (χ1v) is 7.01. The van der Waals surface area contributed by atoms with Crippen molar-refractivity contribution in [2.45, 2.75) is 25.7 Å². The summed E-state index contributed by atoms with van der Waals surface area (Å²) < 4.78 is 1.28. The highest BCUT2D eigenvalue weighted by atomic mass is 79.9. The van der Waals surface area contributed by atoms with Gasteiger partial charge in [0.25, 0.3) is 0 Å². The number of hydrogen-bond acceptors (Lipinski definition) is 1. The smallest absolute Gasteiger partial charge is 0.0207 e. The second kappa shape index (κ2) is 4.15. The van der Waals surface area contributed by atoms with Gasteiger partial charge in [-0.05, 0) is 55.2 Å². The fourth-order valence-electron chi connectivity index (χ4n) is 3.47. The summed E-state index contributed by atoms with van der Waals surface area (Å²) in [6, 6.07) is 8.68. The molecule has 2 fully saturated rings. The van der Waals surface area contributed by atoms with Crippen LogP contribution in [0.3, 0.4) is 0 Å². The minimum Gasteiger partial charge on any atom is -0.316 e. The van der Waals surface area contributed by atoms with Crippen LogP contribution in [0, 0.1) is 11.3 Å². The van der Waals surface area contributed by atoms with Crippen LogP contribution in [0.2, 0.25) is 0 Å². The lowest BCUT2D eigenvalue weighted by Gasteiger charge is -2.34. The molecule has 1 aliphatic heterocycles. The molecule has 1 nitrogen and oxygen atoms in total. The quantitative estimate of drug-likeness (QED) is 0.875. The average Bonchev–Trinajstić information content (AvgIpc) is 2.58. The standard InChI is InChI=1S/C14H18BrN/c15-13-4-2-1-3-12(13)8-14-6-5-11(7-14)9-16-10-14/h1-4,11,16H,5-10H2. The van der Waals surface area contributed by atoms with Gasteiger partial charge in [0.1, 0.15) is 0 Å². The second-order valence-corrected chi connectivity index (χ2v) is 6.36. The summed E-state index contributed by atoms with van der Waals surface area (Å²) in [7, 11) is 0. The van der Waals surface area contributed by atoms with Crippen molar-refractivity contribution in [1.29, 1.82) is 0 Å². The van der Waals surface area contributed by atoms with E-state index < -0.39 is 0 Å². The summed E-state index contributed by atoms with van der Waals surface area (Å²) in [5.41, 5.74) is 2.03. The van der Waals surface area contributed by atoms with E-state index in [1.54, 1.807) is 0 Å². The summed E-state index contributed by atoms with van der Waals surface area (Å²) >= 11 is 3.67. The largest absolute Gasteiger partial charge is 0.316 e. The lowest BCUT2D eigenvalue weighted by Crippen LogP contribution is -2.40. The Balaban J connectivity index is 1.82. The molecule has 16 heavy (non-hydrogen) atoms. The van der Waals surface area contributed by atoms with Crippen LogP contribution >= 0.6 is 15.9 Å². The molecule has 0 radical (unpaired) electrons. The Bertz CT molecular complexity index is 386. The summed E-state index contributed by atoms with van der Waals surface area (Å²) in [6.45, 7) is 2.46. The number of hydrogen-bond donors (Lipinski definition) is 1. The highest BCUT2D eigenvalue weighted by Gasteiger charge is 2.41. The second-order valence-electron chi connectivity index (χ2n) is 5.51. The van der Waals surface area contributed by atoms with Gasteiger partial charge in [0.15, 0.2) is 0 Å². The van der Waals surface area contributed by atoms with Crippen molar-refractivity contribution in [1.82, 2.24) is 5.32 Å². The molecule has 1 aromatic carbocycles. The SMILES string of the molecule is Brc1ccccc1CC12CCC(CNC1)C2. The first kappa shape index (κ1) is 10.8. The molecule has 2 aliphatic rings. The summed E-state index contributed by atoms with van der Waals surface area (Å²) in [6.07, 6.45) is 5.50. The molecule has 1 saturated heterocycles. The topological polar surface area (TPSA) is 12.0 Å². The minimum absolute atomic E-state index is 0.548. The van der Waals surface area contributed by atoms with Crippen LogP contribution in [0.5, 0.6) is 0 Å². The van der Waals surface area contributed by atoms with E-state index in [0.29, 0.717) is 5.41 Å². The van der Waals surface area contributed by atoms with Crippen molar-refractivity contribution in [2.75, 3.05) is 13.1 Å². The van der Waals surface area contributed by atoms with Crippen molar-refractivity contribution in [3.8, 4) is 0 Å². The van der Waals surface area contributed by atoms with Crippen molar-refractivity contribution in [3.05, 3.63) is 34.3 Å². The zero-order chi connectivity index (χ0) is 11.0. The molecule has 2 heteroatoms. The lowest BCUT2D eigenvalue weighted by molar-refractivity contribution is 0.229. The predicted octanol–water partition coefficient (Wildman–Crippen LogP) is 3.38. The Labute approximate surface area is 106 Å². The molecule has 2 atom stereocenters. The highest BCUT2D eigenvalue weighted by Crippen LogP contribution is 2.46. The van der Waals surface area contributed by atoms with Crippen LogP contribution in [-0.4, -0.2) is 13.1 Å². The fraction of sp³-hybridized carbons (Fsp3) is 0.571. The molecule has 2 bridgehead atoms. The molecule has 2 unspecified atom stereocenters. The van der Waals surface area contributed by atoms with Gasteiger partial charge in [-0.15, -0.1) is 0 Å². The van der Waals surface area contributed by atoms with E-state index in [2.05, 4.69) is 45.5 Å². The van der Waals surface area contributed by atoms with E-state index >= 15 is 0 Å². The molecule has 1 aliphatic carbocycles. The summed E-state index contributed by atoms with van der Waals surface area (Å²) in [4.78, 5) is 0. The van der Waals surface area contributed by atoms with Gasteiger partial charge in [-0.1, -0.05) is 34.1 Å². The van der Waals surface area contributed by atoms with Gasteiger partial charge in [-0.3, -0.25) is 0 Å². The average molecular weight is 280 g/mol. The number of benzene rings is 1. The fourth-order valence-corrected chi connectivity index (χ4v) is 3.90. The molecule has 1 N–H and O–H groups in total.